The van der Waals surface area contributed by atoms with E-state index < -0.39 is 0 Å². The molecule has 0 radical (unpaired) electrons. The van der Waals surface area contributed by atoms with Gasteiger partial charge in [0.1, 0.15) is 0 Å². The van der Waals surface area contributed by atoms with Crippen LogP contribution in [-0.4, -0.2) is 15.0 Å². The first-order valence-corrected chi connectivity index (χ1v) is 4.58. The third-order valence-corrected chi connectivity index (χ3v) is 2.17. The van der Waals surface area contributed by atoms with Crippen molar-refractivity contribution in [2.24, 2.45) is 0 Å². The van der Waals surface area contributed by atoms with E-state index in [1.165, 1.54) is 0 Å². The quantitative estimate of drug-likeness (QED) is 0.645. The first-order valence-electron chi connectivity index (χ1n) is 4.58. The summed E-state index contributed by atoms with van der Waals surface area (Å²) < 4.78 is 1.94. The molecule has 2 aromatic rings. The molecular weight excluding hydrogens is 180 g/mol. The largest absolute Gasteiger partial charge is 0.309 e. The van der Waals surface area contributed by atoms with E-state index in [9.17, 15) is 4.79 Å². The van der Waals surface area contributed by atoms with Gasteiger partial charge in [0.05, 0.1) is 6.04 Å². The van der Waals surface area contributed by atoms with Crippen molar-refractivity contribution < 1.29 is 4.57 Å². The molecule has 2 heterocycles. The first-order chi connectivity index (χ1) is 6.59. The van der Waals surface area contributed by atoms with Crippen LogP contribution in [0.1, 0.15) is 25.7 Å². The van der Waals surface area contributed by atoms with Crippen LogP contribution in [0.4, 0.5) is 0 Å². The van der Waals surface area contributed by atoms with Gasteiger partial charge < -0.3 is 0 Å². The van der Waals surface area contributed by atoms with Crippen LogP contribution in [-0.2, 0) is 0 Å². The van der Waals surface area contributed by atoms with Gasteiger partial charge in [0.2, 0.25) is 5.52 Å². The van der Waals surface area contributed by atoms with Gasteiger partial charge in [-0.15, -0.1) is 0 Å². The number of rotatable bonds is 1. The van der Waals surface area contributed by atoms with Gasteiger partial charge in [-0.05, 0) is 13.8 Å². The van der Waals surface area contributed by atoms with E-state index in [1.54, 1.807) is 13.3 Å². The maximum atomic E-state index is 11.5. The fraction of sp³-hybridized carbons (Fsp3) is 0.444. The summed E-state index contributed by atoms with van der Waals surface area (Å²) >= 11 is 0. The SMILES string of the molecule is Cc1nc2c([nH]c[n+]2C(C)C)c(=O)[nH]1. The number of hydrogen-bond acceptors (Lipinski definition) is 2. The first kappa shape index (κ1) is 8.93. The molecule has 0 aromatic carbocycles. The molecule has 5 nitrogen and oxygen atoms in total. The highest BCUT2D eigenvalue weighted by Gasteiger charge is 2.17. The lowest BCUT2D eigenvalue weighted by molar-refractivity contribution is -0.693. The fourth-order valence-electron chi connectivity index (χ4n) is 1.48. The second kappa shape index (κ2) is 2.94. The van der Waals surface area contributed by atoms with Crippen molar-refractivity contribution in [2.45, 2.75) is 26.8 Å². The lowest BCUT2D eigenvalue weighted by atomic mass is 10.4. The molecule has 0 unspecified atom stereocenters. The molecule has 0 amide bonds. The fourth-order valence-corrected chi connectivity index (χ4v) is 1.48. The molecule has 0 saturated heterocycles. The average Bonchev–Trinajstić information content (AvgIpc) is 2.47. The second-order valence-corrected chi connectivity index (χ2v) is 3.62. The van der Waals surface area contributed by atoms with Crippen LogP contribution in [0.25, 0.3) is 11.2 Å². The van der Waals surface area contributed by atoms with Crippen LogP contribution in [0.3, 0.4) is 0 Å². The minimum atomic E-state index is -0.119. The number of aromatic amines is 2. The Bertz CT molecular complexity index is 523. The van der Waals surface area contributed by atoms with Gasteiger partial charge in [-0.25, -0.2) is 4.57 Å². The molecular formula is C9H13N4O+. The van der Waals surface area contributed by atoms with Crippen molar-refractivity contribution in [3.63, 3.8) is 0 Å². The highest BCUT2D eigenvalue weighted by atomic mass is 16.1. The Morgan fingerprint density at radius 2 is 2.21 bits per heavy atom. The smallest absolute Gasteiger partial charge is 0.294 e. The van der Waals surface area contributed by atoms with E-state index in [0.29, 0.717) is 17.0 Å². The number of hydrogen-bond donors (Lipinski definition) is 2. The van der Waals surface area contributed by atoms with Crippen LogP contribution in [0, 0.1) is 6.92 Å². The summed E-state index contributed by atoms with van der Waals surface area (Å²) in [4.78, 5) is 21.4. The summed E-state index contributed by atoms with van der Waals surface area (Å²) in [5.41, 5.74) is 1.12. The molecule has 0 fully saturated rings. The van der Waals surface area contributed by atoms with Crippen LogP contribution >= 0.6 is 0 Å². The number of aryl methyl sites for hydroxylation is 1. The van der Waals surface area contributed by atoms with E-state index in [4.69, 9.17) is 0 Å². The Kier molecular flexibility index (Phi) is 1.87. The van der Waals surface area contributed by atoms with Crippen LogP contribution in [0.2, 0.25) is 0 Å². The molecule has 14 heavy (non-hydrogen) atoms. The van der Waals surface area contributed by atoms with E-state index in [0.717, 1.165) is 0 Å². The van der Waals surface area contributed by atoms with Gasteiger partial charge in [-0.1, -0.05) is 4.98 Å². The number of aromatic nitrogens is 4. The van der Waals surface area contributed by atoms with Gasteiger partial charge in [0.25, 0.3) is 5.56 Å². The Balaban J connectivity index is 2.85. The predicted octanol–water partition coefficient (Wildman–Crippen LogP) is 0.428. The van der Waals surface area contributed by atoms with Crippen LogP contribution in [0.5, 0.6) is 0 Å². The number of nitrogens with one attached hydrogen (secondary N) is 2. The molecule has 0 saturated carbocycles. The van der Waals surface area contributed by atoms with Gasteiger partial charge >= 0.3 is 5.65 Å². The number of imidazole rings is 1. The zero-order chi connectivity index (χ0) is 10.3. The lowest BCUT2D eigenvalue weighted by Crippen LogP contribution is -2.35. The standard InChI is InChI=1S/C9H12N4O/c1-5(2)13-4-10-7-8(13)11-6(3)12-9(7)14/h4-5H,1-3H3,(H,11,12,14)/p+1. The highest BCUT2D eigenvalue weighted by Crippen LogP contribution is 2.01. The minimum absolute atomic E-state index is 0.119. The van der Waals surface area contributed by atoms with Crippen molar-refractivity contribution >= 4 is 11.2 Å². The Morgan fingerprint density at radius 1 is 1.50 bits per heavy atom. The molecule has 5 heteroatoms. The molecule has 0 spiro atoms. The monoisotopic (exact) mass is 193 g/mol. The van der Waals surface area contributed by atoms with E-state index in [2.05, 4.69) is 15.0 Å². The third-order valence-electron chi connectivity index (χ3n) is 2.17. The van der Waals surface area contributed by atoms with Gasteiger partial charge in [0.15, 0.2) is 12.2 Å². The summed E-state index contributed by atoms with van der Waals surface area (Å²) in [6.45, 7) is 5.87. The third kappa shape index (κ3) is 1.21. The maximum Gasteiger partial charge on any atom is 0.309 e. The molecule has 2 N–H and O–H groups in total. The zero-order valence-electron chi connectivity index (χ0n) is 8.46. The Hall–Kier alpha value is -1.65. The molecule has 0 aliphatic carbocycles. The van der Waals surface area contributed by atoms with E-state index in [1.807, 2.05) is 18.4 Å². The zero-order valence-corrected chi connectivity index (χ0v) is 8.46. The topological polar surface area (TPSA) is 65.4 Å². The summed E-state index contributed by atoms with van der Waals surface area (Å²) in [7, 11) is 0. The maximum absolute atomic E-state index is 11.5. The number of nitrogens with zero attached hydrogens (tertiary/aromatic N) is 2. The molecule has 2 aromatic heterocycles. The van der Waals surface area contributed by atoms with Crippen molar-refractivity contribution in [3.8, 4) is 0 Å². The van der Waals surface area contributed by atoms with Gasteiger partial charge in [-0.2, -0.15) is 0 Å². The summed E-state index contributed by atoms with van der Waals surface area (Å²) in [5, 5.41) is 0. The van der Waals surface area contributed by atoms with Crippen molar-refractivity contribution in [3.05, 3.63) is 22.5 Å². The van der Waals surface area contributed by atoms with Crippen molar-refractivity contribution in [1.29, 1.82) is 0 Å². The summed E-state index contributed by atoms with van der Waals surface area (Å²) in [5.74, 6) is 0.636. The summed E-state index contributed by atoms with van der Waals surface area (Å²) in [6.07, 6.45) is 1.77. The predicted molar refractivity (Wildman–Crippen MR) is 52.0 cm³/mol. The van der Waals surface area contributed by atoms with E-state index >= 15 is 0 Å². The molecule has 0 atom stereocenters. The minimum Gasteiger partial charge on any atom is -0.294 e. The average molecular weight is 193 g/mol. The summed E-state index contributed by atoms with van der Waals surface area (Å²) in [6, 6.07) is 0.289. The van der Waals surface area contributed by atoms with Crippen molar-refractivity contribution in [2.75, 3.05) is 0 Å². The van der Waals surface area contributed by atoms with Gasteiger partial charge in [-0.3, -0.25) is 14.8 Å². The lowest BCUT2D eigenvalue weighted by Gasteiger charge is -1.99. The van der Waals surface area contributed by atoms with Crippen LogP contribution < -0.4 is 10.1 Å². The highest BCUT2D eigenvalue weighted by molar-refractivity contribution is 5.64. The number of fused-ring (bicyclic) bond motifs is 1. The molecule has 2 rings (SSSR count). The molecule has 74 valence electrons. The molecule has 0 aliphatic rings. The molecule has 0 aliphatic heterocycles. The Labute approximate surface area is 80.8 Å². The normalized spacial score (nSPS) is 11.4. The van der Waals surface area contributed by atoms with Gasteiger partial charge in [0, 0.05) is 6.92 Å². The number of H-pyrrole nitrogens is 2. The Morgan fingerprint density at radius 3 is 2.86 bits per heavy atom. The van der Waals surface area contributed by atoms with E-state index in [-0.39, 0.29) is 11.6 Å². The van der Waals surface area contributed by atoms with Crippen molar-refractivity contribution in [1.82, 2.24) is 15.0 Å². The second-order valence-electron chi connectivity index (χ2n) is 3.62. The molecule has 0 bridgehead atoms. The van der Waals surface area contributed by atoms with Crippen LogP contribution in [0.15, 0.2) is 11.1 Å².